The molecule has 25 heavy (non-hydrogen) atoms. The van der Waals surface area contributed by atoms with Gasteiger partial charge in [-0.15, -0.1) is 0 Å². The molecule has 1 unspecified atom stereocenters. The highest BCUT2D eigenvalue weighted by Gasteiger charge is 2.30. The average Bonchev–Trinajstić information content (AvgIpc) is 3.09. The Morgan fingerprint density at radius 2 is 1.60 bits per heavy atom. The number of aliphatic hydroxyl groups excluding tert-OH is 1. The predicted molar refractivity (Wildman–Crippen MR) is 88.0 cm³/mol. The lowest BCUT2D eigenvalue weighted by atomic mass is 10.0. The first kappa shape index (κ1) is 17.5. The molecule has 0 aliphatic carbocycles. The second-order valence-corrected chi connectivity index (χ2v) is 6.13. The molecule has 1 amide bonds. The van der Waals surface area contributed by atoms with Crippen molar-refractivity contribution in [3.05, 3.63) is 59.7 Å². The second kappa shape index (κ2) is 6.88. The number of rotatable bonds is 3. The van der Waals surface area contributed by atoms with Crippen LogP contribution in [0.5, 0.6) is 0 Å². The fourth-order valence-corrected chi connectivity index (χ4v) is 3.12. The zero-order valence-corrected chi connectivity index (χ0v) is 13.5. The molecule has 2 aromatic carbocycles. The van der Waals surface area contributed by atoms with Crippen molar-refractivity contribution in [1.82, 2.24) is 4.90 Å². The minimum absolute atomic E-state index is 0.0463. The molecule has 1 fully saturated rings. The highest BCUT2D eigenvalue weighted by atomic mass is 19.4. The molecular formula is C19H18F3NO2. The fourth-order valence-electron chi connectivity index (χ4n) is 3.12. The molecule has 6 heteroatoms. The summed E-state index contributed by atoms with van der Waals surface area (Å²) in [6.07, 6.45) is -2.68. The van der Waals surface area contributed by atoms with Gasteiger partial charge >= 0.3 is 6.18 Å². The number of alkyl halides is 3. The van der Waals surface area contributed by atoms with Crippen molar-refractivity contribution < 1.29 is 23.1 Å². The van der Waals surface area contributed by atoms with E-state index in [-0.39, 0.29) is 18.6 Å². The van der Waals surface area contributed by atoms with Crippen LogP contribution in [0.25, 0.3) is 11.1 Å². The monoisotopic (exact) mass is 349 g/mol. The van der Waals surface area contributed by atoms with Gasteiger partial charge in [0.15, 0.2) is 0 Å². The first-order valence-electron chi connectivity index (χ1n) is 8.09. The zero-order valence-electron chi connectivity index (χ0n) is 13.5. The highest BCUT2D eigenvalue weighted by Crippen LogP contribution is 2.31. The molecule has 1 N–H and O–H groups in total. The maximum Gasteiger partial charge on any atom is 0.416 e. The van der Waals surface area contributed by atoms with Crippen molar-refractivity contribution in [3.8, 4) is 11.1 Å². The number of hydrogen-bond donors (Lipinski definition) is 1. The molecule has 0 spiro atoms. The summed E-state index contributed by atoms with van der Waals surface area (Å²) in [5, 5.41) is 9.33. The second-order valence-electron chi connectivity index (χ2n) is 6.13. The molecule has 3 nitrogen and oxygen atoms in total. The standard InChI is InChI=1S/C19H18F3NO2/c20-19(21,22)16-9-7-14(8-10-16)13-3-5-15(6-4-13)18(25)23-11-1-2-17(23)12-24/h3-10,17,24H,1-2,11-12H2. The van der Waals surface area contributed by atoms with Crippen LogP contribution in [0.4, 0.5) is 13.2 Å². The van der Waals surface area contributed by atoms with E-state index in [0.717, 1.165) is 30.5 Å². The van der Waals surface area contributed by atoms with Crippen molar-refractivity contribution >= 4 is 5.91 Å². The van der Waals surface area contributed by atoms with Gasteiger partial charge in [-0.2, -0.15) is 13.2 Å². The lowest BCUT2D eigenvalue weighted by Crippen LogP contribution is -2.37. The van der Waals surface area contributed by atoms with E-state index in [0.29, 0.717) is 17.7 Å². The minimum Gasteiger partial charge on any atom is -0.394 e. The molecule has 1 aliphatic heterocycles. The molecule has 132 valence electrons. The number of hydrogen-bond acceptors (Lipinski definition) is 2. The van der Waals surface area contributed by atoms with Crippen LogP contribution in [0.1, 0.15) is 28.8 Å². The van der Waals surface area contributed by atoms with E-state index in [1.54, 1.807) is 29.2 Å². The predicted octanol–water partition coefficient (Wildman–Crippen LogP) is 3.97. The van der Waals surface area contributed by atoms with Gasteiger partial charge in [0.25, 0.3) is 5.91 Å². The Labute approximate surface area is 143 Å². The maximum absolute atomic E-state index is 12.6. The molecule has 2 aromatic rings. The van der Waals surface area contributed by atoms with Crippen LogP contribution in [0.2, 0.25) is 0 Å². The number of carbonyl (C=O) groups excluding carboxylic acids is 1. The van der Waals surface area contributed by atoms with Gasteiger partial charge < -0.3 is 10.0 Å². The normalized spacial score (nSPS) is 17.8. The van der Waals surface area contributed by atoms with Crippen LogP contribution in [0.15, 0.2) is 48.5 Å². The Morgan fingerprint density at radius 1 is 1.04 bits per heavy atom. The highest BCUT2D eigenvalue weighted by molar-refractivity contribution is 5.95. The third-order valence-electron chi connectivity index (χ3n) is 4.53. The quantitative estimate of drug-likeness (QED) is 0.911. The largest absolute Gasteiger partial charge is 0.416 e. The van der Waals surface area contributed by atoms with Crippen molar-refractivity contribution in [2.24, 2.45) is 0 Å². The third kappa shape index (κ3) is 3.69. The van der Waals surface area contributed by atoms with Crippen molar-refractivity contribution in [1.29, 1.82) is 0 Å². The van der Waals surface area contributed by atoms with Crippen LogP contribution >= 0.6 is 0 Å². The number of aliphatic hydroxyl groups is 1. The van der Waals surface area contributed by atoms with Crippen molar-refractivity contribution in [2.75, 3.05) is 13.2 Å². The van der Waals surface area contributed by atoms with E-state index in [9.17, 15) is 23.1 Å². The topological polar surface area (TPSA) is 40.5 Å². The smallest absolute Gasteiger partial charge is 0.394 e. The van der Waals surface area contributed by atoms with E-state index in [1.807, 2.05) is 0 Å². The van der Waals surface area contributed by atoms with Crippen molar-refractivity contribution in [2.45, 2.75) is 25.1 Å². The molecular weight excluding hydrogens is 331 g/mol. The molecule has 0 aromatic heterocycles. The van der Waals surface area contributed by atoms with Gasteiger partial charge in [-0.3, -0.25) is 4.79 Å². The van der Waals surface area contributed by atoms with Crippen LogP contribution < -0.4 is 0 Å². The van der Waals surface area contributed by atoms with Crippen LogP contribution in [0, 0.1) is 0 Å². The average molecular weight is 349 g/mol. The SMILES string of the molecule is O=C(c1ccc(-c2ccc(C(F)(F)F)cc2)cc1)N1CCCC1CO. The number of amides is 1. The Hall–Kier alpha value is -2.34. The first-order valence-corrected chi connectivity index (χ1v) is 8.09. The van der Waals surface area contributed by atoms with Crippen LogP contribution in [-0.2, 0) is 6.18 Å². The number of nitrogens with zero attached hydrogens (tertiary/aromatic N) is 1. The van der Waals surface area contributed by atoms with E-state index in [1.165, 1.54) is 12.1 Å². The fraction of sp³-hybridized carbons (Fsp3) is 0.316. The first-order chi connectivity index (χ1) is 11.9. The minimum atomic E-state index is -4.35. The summed E-state index contributed by atoms with van der Waals surface area (Å²) in [5.41, 5.74) is 1.22. The van der Waals surface area contributed by atoms with E-state index >= 15 is 0 Å². The van der Waals surface area contributed by atoms with E-state index in [4.69, 9.17) is 0 Å². The van der Waals surface area contributed by atoms with Gasteiger partial charge in [0.1, 0.15) is 0 Å². The molecule has 1 aliphatic rings. The Bertz CT molecular complexity index is 739. The summed E-state index contributed by atoms with van der Waals surface area (Å²) >= 11 is 0. The summed E-state index contributed by atoms with van der Waals surface area (Å²) in [4.78, 5) is 14.2. The summed E-state index contributed by atoms with van der Waals surface area (Å²) in [7, 11) is 0. The van der Waals surface area contributed by atoms with Crippen molar-refractivity contribution in [3.63, 3.8) is 0 Å². The van der Waals surface area contributed by atoms with E-state index < -0.39 is 11.7 Å². The molecule has 1 atom stereocenters. The summed E-state index contributed by atoms with van der Waals surface area (Å²) in [5.74, 6) is -0.129. The number of likely N-dealkylation sites (tertiary alicyclic amines) is 1. The number of carbonyl (C=O) groups is 1. The third-order valence-corrected chi connectivity index (χ3v) is 4.53. The van der Waals surface area contributed by atoms with Gasteiger partial charge in [0.2, 0.25) is 0 Å². The Morgan fingerprint density at radius 3 is 2.12 bits per heavy atom. The molecule has 0 saturated carbocycles. The van der Waals surface area contributed by atoms with Crippen LogP contribution in [-0.4, -0.2) is 35.1 Å². The van der Waals surface area contributed by atoms with Gasteiger partial charge in [0.05, 0.1) is 18.2 Å². The molecule has 0 radical (unpaired) electrons. The summed E-state index contributed by atoms with van der Waals surface area (Å²) < 4.78 is 37.8. The summed E-state index contributed by atoms with van der Waals surface area (Å²) in [6.45, 7) is 0.583. The number of halogens is 3. The van der Waals surface area contributed by atoms with Crippen LogP contribution in [0.3, 0.4) is 0 Å². The lowest BCUT2D eigenvalue weighted by Gasteiger charge is -2.23. The van der Waals surface area contributed by atoms with Gasteiger partial charge in [0, 0.05) is 12.1 Å². The maximum atomic E-state index is 12.6. The Balaban J connectivity index is 1.77. The lowest BCUT2D eigenvalue weighted by molar-refractivity contribution is -0.137. The van der Waals surface area contributed by atoms with Gasteiger partial charge in [-0.25, -0.2) is 0 Å². The molecule has 0 bridgehead atoms. The van der Waals surface area contributed by atoms with Gasteiger partial charge in [-0.05, 0) is 48.2 Å². The molecule has 1 heterocycles. The molecule has 3 rings (SSSR count). The molecule has 1 saturated heterocycles. The Kier molecular flexibility index (Phi) is 4.81. The summed E-state index contributed by atoms with van der Waals surface area (Å²) in [6, 6.07) is 11.6. The van der Waals surface area contributed by atoms with E-state index in [2.05, 4.69) is 0 Å². The van der Waals surface area contributed by atoms with Gasteiger partial charge in [-0.1, -0.05) is 24.3 Å². The zero-order chi connectivity index (χ0) is 18.0. The number of benzene rings is 2.